The first-order valence-corrected chi connectivity index (χ1v) is 13.7. The van der Waals surface area contributed by atoms with Gasteiger partial charge in [0.15, 0.2) is 5.16 Å². The molecule has 0 atom stereocenters. The van der Waals surface area contributed by atoms with Crippen LogP contribution >= 0.6 is 35.0 Å². The van der Waals surface area contributed by atoms with E-state index in [2.05, 4.69) is 33.4 Å². The summed E-state index contributed by atoms with van der Waals surface area (Å²) in [6.07, 6.45) is 1.55. The molecule has 4 rings (SSSR count). The Kier molecular flexibility index (Phi) is 8.56. The summed E-state index contributed by atoms with van der Waals surface area (Å²) in [6, 6.07) is 11.2. The maximum absolute atomic E-state index is 12.7. The van der Waals surface area contributed by atoms with Crippen LogP contribution in [0.4, 0.5) is 10.5 Å². The van der Waals surface area contributed by atoms with Gasteiger partial charge in [-0.1, -0.05) is 52.9 Å². The van der Waals surface area contributed by atoms with Gasteiger partial charge in [-0.2, -0.15) is 0 Å². The number of amides is 2. The smallest absolute Gasteiger partial charge is 0.404 e. The molecule has 38 heavy (non-hydrogen) atoms. The van der Waals surface area contributed by atoms with Crippen molar-refractivity contribution in [3.05, 3.63) is 63.4 Å². The first kappa shape index (κ1) is 27.8. The lowest BCUT2D eigenvalue weighted by atomic mass is 9.95. The minimum absolute atomic E-state index is 0.0696. The predicted octanol–water partition coefficient (Wildman–Crippen LogP) is 5.96. The fourth-order valence-electron chi connectivity index (χ4n) is 3.63. The Morgan fingerprint density at radius 1 is 1.18 bits per heavy atom. The largest absolute Gasteiger partial charge is 0.448 e. The molecule has 8 nitrogen and oxygen atoms in total. The number of primary amides is 1. The molecule has 0 radical (unpaired) electrons. The molecule has 3 aromatic rings. The van der Waals surface area contributed by atoms with Gasteiger partial charge in [0, 0.05) is 5.56 Å². The maximum atomic E-state index is 12.7. The van der Waals surface area contributed by atoms with Crippen LogP contribution in [0.5, 0.6) is 0 Å². The van der Waals surface area contributed by atoms with Crippen LogP contribution in [0, 0.1) is 24.2 Å². The van der Waals surface area contributed by atoms with E-state index in [-0.39, 0.29) is 18.3 Å². The predicted molar refractivity (Wildman–Crippen MR) is 150 cm³/mol. The topological polar surface area (TPSA) is 112 Å². The zero-order valence-corrected chi connectivity index (χ0v) is 23.5. The third-order valence-corrected chi connectivity index (χ3v) is 7.30. The molecule has 0 spiro atoms. The van der Waals surface area contributed by atoms with Crippen LogP contribution < -0.4 is 11.1 Å². The average Bonchev–Trinajstić information content (AvgIpc) is 3.65. The third-order valence-electron chi connectivity index (χ3n) is 5.75. The van der Waals surface area contributed by atoms with Gasteiger partial charge in [0.2, 0.25) is 5.91 Å². The number of hydrogen-bond acceptors (Lipinski definition) is 6. The highest BCUT2D eigenvalue weighted by Crippen LogP contribution is 2.42. The van der Waals surface area contributed by atoms with Crippen LogP contribution in [0.15, 0.2) is 41.6 Å². The zero-order chi connectivity index (χ0) is 27.4. The van der Waals surface area contributed by atoms with Crippen molar-refractivity contribution >= 4 is 52.7 Å². The van der Waals surface area contributed by atoms with Crippen molar-refractivity contribution in [2.75, 3.05) is 17.7 Å². The molecule has 0 unspecified atom stereocenters. The van der Waals surface area contributed by atoms with Gasteiger partial charge in [0.25, 0.3) is 0 Å². The van der Waals surface area contributed by atoms with Crippen molar-refractivity contribution in [1.29, 1.82) is 0 Å². The van der Waals surface area contributed by atoms with Gasteiger partial charge in [-0.25, -0.2) is 4.79 Å². The minimum Gasteiger partial charge on any atom is -0.448 e. The second-order valence-electron chi connectivity index (χ2n) is 9.62. The normalized spacial score (nSPS) is 13.0. The standard InChI is InChI=1S/C27H27Cl2N5O3S/c1-16-32-33-26(34(16)23-9-7-19(13-21(23)29)18-5-6-18)38-14-24(35)31-22-8-4-17(12-20(22)28)10-11-27(2,3)15-37-25(30)36/h4,7-9,12-13,18H,5-6,14-15H2,1-3H3,(H2,30,36)(H,31,35). The van der Waals surface area contributed by atoms with Gasteiger partial charge in [0.05, 0.1) is 32.6 Å². The SMILES string of the molecule is Cc1nnc(SCC(=O)Nc2ccc(C#CC(C)(C)COC(N)=O)cc2Cl)n1-c1ccc(C2CC2)cc1Cl. The molecule has 0 saturated heterocycles. The van der Waals surface area contributed by atoms with Gasteiger partial charge in [-0.05, 0) is 75.4 Å². The monoisotopic (exact) mass is 571 g/mol. The summed E-state index contributed by atoms with van der Waals surface area (Å²) in [5, 5.41) is 12.8. The molecular weight excluding hydrogens is 545 g/mol. The summed E-state index contributed by atoms with van der Waals surface area (Å²) in [7, 11) is 0. The van der Waals surface area contributed by atoms with Crippen LogP contribution in [-0.4, -0.2) is 39.1 Å². The van der Waals surface area contributed by atoms with Crippen molar-refractivity contribution < 1.29 is 14.3 Å². The molecule has 1 fully saturated rings. The Bertz CT molecular complexity index is 1440. The summed E-state index contributed by atoms with van der Waals surface area (Å²) >= 11 is 14.2. The number of nitrogens with zero attached hydrogens (tertiary/aromatic N) is 3. The number of nitrogens with one attached hydrogen (secondary N) is 1. The number of aromatic nitrogens is 3. The number of anilines is 1. The Labute approximate surface area is 235 Å². The van der Waals surface area contributed by atoms with E-state index < -0.39 is 11.5 Å². The quantitative estimate of drug-likeness (QED) is 0.254. The second kappa shape index (κ2) is 11.7. The average molecular weight is 573 g/mol. The number of hydrogen-bond donors (Lipinski definition) is 2. The summed E-state index contributed by atoms with van der Waals surface area (Å²) in [5.74, 6) is 7.17. The lowest BCUT2D eigenvalue weighted by molar-refractivity contribution is -0.113. The fourth-order valence-corrected chi connectivity index (χ4v) is 4.92. The lowest BCUT2D eigenvalue weighted by Gasteiger charge is -2.16. The van der Waals surface area contributed by atoms with Crippen molar-refractivity contribution in [2.24, 2.45) is 11.1 Å². The molecule has 0 bridgehead atoms. The number of thioether (sulfide) groups is 1. The highest BCUT2D eigenvalue weighted by molar-refractivity contribution is 7.99. The molecule has 1 aliphatic rings. The van der Waals surface area contributed by atoms with E-state index in [0.717, 1.165) is 5.69 Å². The summed E-state index contributed by atoms with van der Waals surface area (Å²) in [4.78, 5) is 23.5. The van der Waals surface area contributed by atoms with E-state index in [1.165, 1.54) is 30.2 Å². The molecule has 11 heteroatoms. The summed E-state index contributed by atoms with van der Waals surface area (Å²) < 4.78 is 6.69. The number of rotatable bonds is 8. The van der Waals surface area contributed by atoms with Crippen LogP contribution in [0.2, 0.25) is 10.0 Å². The maximum Gasteiger partial charge on any atom is 0.404 e. The van der Waals surface area contributed by atoms with E-state index in [9.17, 15) is 9.59 Å². The molecular formula is C27H27Cl2N5O3S. The Balaban J connectivity index is 1.39. The molecule has 3 N–H and O–H groups in total. The molecule has 1 aliphatic carbocycles. The van der Waals surface area contributed by atoms with Crippen molar-refractivity contribution in [3.8, 4) is 17.5 Å². The van der Waals surface area contributed by atoms with Crippen LogP contribution in [0.25, 0.3) is 5.69 Å². The van der Waals surface area contributed by atoms with Crippen LogP contribution in [0.1, 0.15) is 49.6 Å². The number of carbonyl (C=O) groups is 2. The first-order chi connectivity index (χ1) is 18.0. The van der Waals surface area contributed by atoms with E-state index in [4.69, 9.17) is 33.7 Å². The Morgan fingerprint density at radius 2 is 1.95 bits per heavy atom. The first-order valence-electron chi connectivity index (χ1n) is 11.9. The fraction of sp³-hybridized carbons (Fsp3) is 0.333. The van der Waals surface area contributed by atoms with Crippen molar-refractivity contribution in [2.45, 2.75) is 44.7 Å². The van der Waals surface area contributed by atoms with Gasteiger partial charge in [-0.3, -0.25) is 9.36 Å². The summed E-state index contributed by atoms with van der Waals surface area (Å²) in [5.41, 5.74) is 7.58. The van der Waals surface area contributed by atoms with E-state index in [0.29, 0.717) is 38.2 Å². The number of benzene rings is 2. The Hall–Kier alpha value is -3.19. The molecule has 2 aromatic carbocycles. The van der Waals surface area contributed by atoms with Gasteiger partial charge in [0.1, 0.15) is 12.4 Å². The number of aryl methyl sites for hydroxylation is 1. The summed E-state index contributed by atoms with van der Waals surface area (Å²) in [6.45, 7) is 5.57. The molecule has 198 valence electrons. The van der Waals surface area contributed by atoms with Crippen LogP contribution in [0.3, 0.4) is 0 Å². The number of nitrogens with two attached hydrogens (primary N) is 1. The van der Waals surface area contributed by atoms with Crippen molar-refractivity contribution in [3.63, 3.8) is 0 Å². The number of ether oxygens (including phenoxy) is 1. The second-order valence-corrected chi connectivity index (χ2v) is 11.4. The third kappa shape index (κ3) is 7.22. The van der Waals surface area contributed by atoms with Crippen LogP contribution in [-0.2, 0) is 9.53 Å². The number of carbonyl (C=O) groups excluding carboxylic acids is 2. The lowest BCUT2D eigenvalue weighted by Crippen LogP contribution is -2.23. The number of halogens is 2. The van der Waals surface area contributed by atoms with Gasteiger partial charge >= 0.3 is 6.09 Å². The minimum atomic E-state index is -0.845. The zero-order valence-electron chi connectivity index (χ0n) is 21.2. The Morgan fingerprint density at radius 3 is 2.61 bits per heavy atom. The van der Waals surface area contributed by atoms with E-state index in [1.54, 1.807) is 18.2 Å². The highest BCUT2D eigenvalue weighted by atomic mass is 35.5. The molecule has 0 aliphatic heterocycles. The molecule has 1 aromatic heterocycles. The molecule has 1 saturated carbocycles. The van der Waals surface area contributed by atoms with E-state index in [1.807, 2.05) is 37.5 Å². The highest BCUT2D eigenvalue weighted by Gasteiger charge is 2.25. The van der Waals surface area contributed by atoms with Crippen molar-refractivity contribution in [1.82, 2.24) is 14.8 Å². The molecule has 1 heterocycles. The molecule has 2 amide bonds. The van der Waals surface area contributed by atoms with Gasteiger partial charge in [-0.15, -0.1) is 10.2 Å². The van der Waals surface area contributed by atoms with E-state index >= 15 is 0 Å². The van der Waals surface area contributed by atoms with Gasteiger partial charge < -0.3 is 15.8 Å².